The number of aromatic nitrogens is 2. The standard InChI is InChI=1S/C26H29F3N6O3/c1-17-2-3-20(14-22(17)26(27,28)29)34-25(37)33-19-4-6-21(7-5-19)38-24-15-23(31-16-32-24)35-11-8-18(9-12-35)30-10-13-36/h2-7,14-16,18,30,36H,8-13H2,1H3,(H2,33,34,37). The monoisotopic (exact) mass is 530 g/mol. The van der Waals surface area contributed by atoms with E-state index >= 15 is 0 Å². The molecular formula is C26H29F3N6O3. The molecule has 1 aromatic heterocycles. The SMILES string of the molecule is Cc1ccc(NC(=O)Nc2ccc(Oc3cc(N4CCC(NCCO)CC4)ncn3)cc2)cc1C(F)(F)F. The summed E-state index contributed by atoms with van der Waals surface area (Å²) >= 11 is 0. The average Bonchev–Trinajstić information content (AvgIpc) is 2.89. The number of nitrogens with zero attached hydrogens (tertiary/aromatic N) is 3. The van der Waals surface area contributed by atoms with Crippen LogP contribution in [0.15, 0.2) is 54.9 Å². The van der Waals surface area contributed by atoms with Gasteiger partial charge in [0.05, 0.1) is 12.2 Å². The maximum absolute atomic E-state index is 13.1. The molecule has 0 aliphatic carbocycles. The second-order valence-electron chi connectivity index (χ2n) is 8.89. The van der Waals surface area contributed by atoms with Crippen molar-refractivity contribution in [3.05, 3.63) is 66.0 Å². The molecule has 4 rings (SSSR count). The number of alkyl halides is 3. The molecule has 1 aliphatic rings. The number of ether oxygens (including phenoxy) is 1. The number of aliphatic hydroxyl groups is 1. The van der Waals surface area contributed by atoms with Crippen LogP contribution < -0.4 is 25.6 Å². The first-order valence-corrected chi connectivity index (χ1v) is 12.2. The zero-order valence-corrected chi connectivity index (χ0v) is 20.8. The van der Waals surface area contributed by atoms with E-state index in [1.54, 1.807) is 30.3 Å². The number of aryl methyl sites for hydroxylation is 1. The third kappa shape index (κ3) is 7.33. The van der Waals surface area contributed by atoms with Crippen LogP contribution in [-0.2, 0) is 6.18 Å². The molecule has 9 nitrogen and oxygen atoms in total. The Kier molecular flexibility index (Phi) is 8.64. The first kappa shape index (κ1) is 27.1. The van der Waals surface area contributed by atoms with Crippen molar-refractivity contribution in [2.24, 2.45) is 0 Å². The van der Waals surface area contributed by atoms with E-state index in [9.17, 15) is 18.0 Å². The molecule has 0 atom stereocenters. The summed E-state index contributed by atoms with van der Waals surface area (Å²) in [5.74, 6) is 1.62. The average molecular weight is 531 g/mol. The van der Waals surface area contributed by atoms with E-state index < -0.39 is 17.8 Å². The number of urea groups is 1. The number of hydrogen-bond donors (Lipinski definition) is 4. The van der Waals surface area contributed by atoms with Crippen LogP contribution in [0.5, 0.6) is 11.6 Å². The highest BCUT2D eigenvalue weighted by molar-refractivity contribution is 5.99. The van der Waals surface area contributed by atoms with Gasteiger partial charge in [-0.05, 0) is 61.7 Å². The number of rotatable bonds is 8. The Labute approximate surface area is 218 Å². The van der Waals surface area contributed by atoms with E-state index in [1.165, 1.54) is 25.4 Å². The fourth-order valence-electron chi connectivity index (χ4n) is 4.17. The smallest absolute Gasteiger partial charge is 0.416 e. The first-order chi connectivity index (χ1) is 18.2. The van der Waals surface area contributed by atoms with Gasteiger partial charge in [0, 0.05) is 43.1 Å². The van der Waals surface area contributed by atoms with Gasteiger partial charge < -0.3 is 30.7 Å². The Bertz CT molecular complexity index is 1230. The van der Waals surface area contributed by atoms with Gasteiger partial charge in [0.15, 0.2) is 0 Å². The van der Waals surface area contributed by atoms with Gasteiger partial charge in [0.1, 0.15) is 17.9 Å². The minimum atomic E-state index is -4.51. The molecule has 0 saturated carbocycles. The molecule has 4 N–H and O–H groups in total. The molecule has 2 amide bonds. The molecule has 1 fully saturated rings. The normalized spacial score (nSPS) is 14.3. The number of anilines is 3. The summed E-state index contributed by atoms with van der Waals surface area (Å²) in [6.07, 6.45) is -1.19. The topological polar surface area (TPSA) is 112 Å². The van der Waals surface area contributed by atoms with E-state index in [0.717, 1.165) is 37.8 Å². The Balaban J connectivity index is 1.31. The van der Waals surface area contributed by atoms with E-state index in [0.29, 0.717) is 29.9 Å². The predicted octanol–water partition coefficient (Wildman–Crippen LogP) is 4.79. The molecule has 12 heteroatoms. The maximum atomic E-state index is 13.1. The maximum Gasteiger partial charge on any atom is 0.416 e. The number of aliphatic hydroxyl groups excluding tert-OH is 1. The number of halogens is 3. The third-order valence-corrected chi connectivity index (χ3v) is 6.13. The Morgan fingerprint density at radius 3 is 2.42 bits per heavy atom. The second kappa shape index (κ2) is 12.1. The number of carbonyl (C=O) groups excluding carboxylic acids is 1. The van der Waals surface area contributed by atoms with Crippen molar-refractivity contribution >= 4 is 23.2 Å². The van der Waals surface area contributed by atoms with E-state index in [-0.39, 0.29) is 17.9 Å². The third-order valence-electron chi connectivity index (χ3n) is 6.13. The van der Waals surface area contributed by atoms with Crippen molar-refractivity contribution in [3.63, 3.8) is 0 Å². The highest BCUT2D eigenvalue weighted by atomic mass is 19.4. The van der Waals surface area contributed by atoms with Gasteiger partial charge in [0.25, 0.3) is 0 Å². The lowest BCUT2D eigenvalue weighted by Crippen LogP contribution is -2.43. The lowest BCUT2D eigenvalue weighted by atomic mass is 10.1. The van der Waals surface area contributed by atoms with Gasteiger partial charge in [0.2, 0.25) is 5.88 Å². The zero-order chi connectivity index (χ0) is 27.1. The largest absolute Gasteiger partial charge is 0.439 e. The summed E-state index contributed by atoms with van der Waals surface area (Å²) in [5.41, 5.74) is -0.264. The molecule has 2 aromatic carbocycles. The number of hydrogen-bond acceptors (Lipinski definition) is 7. The molecule has 0 radical (unpaired) electrons. The van der Waals surface area contributed by atoms with Gasteiger partial charge in [-0.1, -0.05) is 6.07 Å². The molecule has 1 aliphatic heterocycles. The highest BCUT2D eigenvalue weighted by Gasteiger charge is 2.32. The van der Waals surface area contributed by atoms with E-state index in [2.05, 4.69) is 30.8 Å². The number of amides is 2. The molecular weight excluding hydrogens is 501 g/mol. The van der Waals surface area contributed by atoms with Crippen LogP contribution in [0.3, 0.4) is 0 Å². The van der Waals surface area contributed by atoms with Crippen molar-refractivity contribution in [2.75, 3.05) is 41.8 Å². The highest BCUT2D eigenvalue weighted by Crippen LogP contribution is 2.33. The molecule has 2 heterocycles. The number of carbonyl (C=O) groups is 1. The number of nitrogens with one attached hydrogen (secondary N) is 3. The lowest BCUT2D eigenvalue weighted by molar-refractivity contribution is -0.138. The van der Waals surface area contributed by atoms with Gasteiger partial charge in [-0.3, -0.25) is 0 Å². The molecule has 0 bridgehead atoms. The van der Waals surface area contributed by atoms with Crippen LogP contribution in [-0.4, -0.2) is 53.4 Å². The summed E-state index contributed by atoms with van der Waals surface area (Å²) in [6, 6.07) is 11.6. The summed E-state index contributed by atoms with van der Waals surface area (Å²) in [4.78, 5) is 23.0. The summed E-state index contributed by atoms with van der Waals surface area (Å²) in [5, 5.41) is 17.3. The van der Waals surface area contributed by atoms with Crippen molar-refractivity contribution in [3.8, 4) is 11.6 Å². The second-order valence-corrected chi connectivity index (χ2v) is 8.89. The predicted molar refractivity (Wildman–Crippen MR) is 138 cm³/mol. The Hall–Kier alpha value is -3.90. The van der Waals surface area contributed by atoms with Crippen LogP contribution >= 0.6 is 0 Å². The fraction of sp³-hybridized carbons (Fsp3) is 0.346. The summed E-state index contributed by atoms with van der Waals surface area (Å²) in [7, 11) is 0. The summed E-state index contributed by atoms with van der Waals surface area (Å²) in [6.45, 7) is 3.71. The van der Waals surface area contributed by atoms with Crippen LogP contribution in [0.25, 0.3) is 0 Å². The van der Waals surface area contributed by atoms with E-state index in [4.69, 9.17) is 9.84 Å². The summed E-state index contributed by atoms with van der Waals surface area (Å²) < 4.78 is 45.2. The zero-order valence-electron chi connectivity index (χ0n) is 20.8. The van der Waals surface area contributed by atoms with Crippen LogP contribution in [0.4, 0.5) is 35.2 Å². The Morgan fingerprint density at radius 2 is 1.74 bits per heavy atom. The first-order valence-electron chi connectivity index (χ1n) is 12.2. The molecule has 202 valence electrons. The minimum Gasteiger partial charge on any atom is -0.439 e. The van der Waals surface area contributed by atoms with E-state index in [1.807, 2.05) is 0 Å². The molecule has 0 unspecified atom stereocenters. The minimum absolute atomic E-state index is 0.0330. The molecule has 0 spiro atoms. The van der Waals surface area contributed by atoms with Crippen LogP contribution in [0, 0.1) is 6.92 Å². The van der Waals surface area contributed by atoms with Gasteiger partial charge in [-0.15, -0.1) is 0 Å². The molecule has 3 aromatic rings. The molecule has 1 saturated heterocycles. The van der Waals surface area contributed by atoms with Crippen LogP contribution in [0.2, 0.25) is 0 Å². The van der Waals surface area contributed by atoms with Gasteiger partial charge in [-0.2, -0.15) is 13.2 Å². The van der Waals surface area contributed by atoms with Crippen molar-refractivity contribution in [2.45, 2.75) is 32.0 Å². The van der Waals surface area contributed by atoms with Gasteiger partial charge in [-0.25, -0.2) is 14.8 Å². The lowest BCUT2D eigenvalue weighted by Gasteiger charge is -2.33. The number of piperidine rings is 1. The van der Waals surface area contributed by atoms with Crippen molar-refractivity contribution < 1.29 is 27.8 Å². The van der Waals surface area contributed by atoms with Crippen molar-refractivity contribution in [1.29, 1.82) is 0 Å². The Morgan fingerprint density at radius 1 is 1.05 bits per heavy atom. The molecule has 38 heavy (non-hydrogen) atoms. The fourth-order valence-corrected chi connectivity index (χ4v) is 4.17. The van der Waals surface area contributed by atoms with Crippen molar-refractivity contribution in [1.82, 2.24) is 15.3 Å². The quantitative estimate of drug-likeness (QED) is 0.331. The number of benzene rings is 2. The van der Waals surface area contributed by atoms with Crippen LogP contribution in [0.1, 0.15) is 24.0 Å². The van der Waals surface area contributed by atoms with Gasteiger partial charge >= 0.3 is 12.2 Å².